The van der Waals surface area contributed by atoms with E-state index in [0.717, 1.165) is 8.95 Å². The van der Waals surface area contributed by atoms with E-state index in [9.17, 15) is 4.79 Å². The molecule has 0 aliphatic carbocycles. The lowest BCUT2D eigenvalue weighted by atomic mass is 10.2. The third-order valence-electron chi connectivity index (χ3n) is 2.59. The lowest BCUT2D eigenvalue weighted by Crippen LogP contribution is -2.13. The van der Waals surface area contributed by atoms with Crippen LogP contribution in [0.2, 0.25) is 5.02 Å². The van der Waals surface area contributed by atoms with Gasteiger partial charge in [0.2, 0.25) is 0 Å². The Balaban J connectivity index is 2.28. The van der Waals surface area contributed by atoms with Gasteiger partial charge >= 0.3 is 0 Å². The SMILES string of the molecule is COc1cc(Cl)ccc1C(=O)Nc1ccc(Br)cc1Br. The van der Waals surface area contributed by atoms with E-state index in [0.29, 0.717) is 22.0 Å². The molecule has 0 unspecified atom stereocenters. The predicted octanol–water partition coefficient (Wildman–Crippen LogP) is 5.13. The van der Waals surface area contributed by atoms with Crippen molar-refractivity contribution in [1.29, 1.82) is 0 Å². The third-order valence-corrected chi connectivity index (χ3v) is 3.97. The molecular formula is C14H10Br2ClNO2. The van der Waals surface area contributed by atoms with Crippen LogP contribution in [0.15, 0.2) is 45.3 Å². The molecule has 0 spiro atoms. The van der Waals surface area contributed by atoms with Gasteiger partial charge in [0, 0.05) is 14.0 Å². The lowest BCUT2D eigenvalue weighted by Gasteiger charge is -2.11. The normalized spacial score (nSPS) is 10.2. The second-order valence-electron chi connectivity index (χ2n) is 3.92. The Hall–Kier alpha value is -1.04. The molecule has 0 radical (unpaired) electrons. The Kier molecular flexibility index (Phi) is 5.07. The van der Waals surface area contributed by atoms with Crippen molar-refractivity contribution in [3.05, 3.63) is 55.9 Å². The van der Waals surface area contributed by atoms with Gasteiger partial charge in [-0.15, -0.1) is 0 Å². The number of halogens is 3. The van der Waals surface area contributed by atoms with Crippen LogP contribution in [0.3, 0.4) is 0 Å². The fourth-order valence-corrected chi connectivity index (χ4v) is 2.94. The first kappa shape index (κ1) is 15.4. The molecule has 0 aliphatic rings. The van der Waals surface area contributed by atoms with Crippen LogP contribution < -0.4 is 10.1 Å². The fourth-order valence-electron chi connectivity index (χ4n) is 1.63. The van der Waals surface area contributed by atoms with Gasteiger partial charge in [0.15, 0.2) is 0 Å². The Labute approximate surface area is 138 Å². The van der Waals surface area contributed by atoms with Gasteiger partial charge in [-0.1, -0.05) is 27.5 Å². The molecule has 2 aromatic rings. The molecule has 104 valence electrons. The van der Waals surface area contributed by atoms with E-state index in [1.54, 1.807) is 24.3 Å². The standard InChI is InChI=1S/C14H10Br2ClNO2/c1-20-13-7-9(17)3-4-10(13)14(19)18-12-5-2-8(15)6-11(12)16/h2-7H,1H3,(H,18,19). The van der Waals surface area contributed by atoms with E-state index >= 15 is 0 Å². The lowest BCUT2D eigenvalue weighted by molar-refractivity contribution is 0.102. The second-order valence-corrected chi connectivity index (χ2v) is 6.13. The Morgan fingerprint density at radius 1 is 1.20 bits per heavy atom. The maximum atomic E-state index is 12.3. The highest BCUT2D eigenvalue weighted by atomic mass is 79.9. The molecule has 1 amide bonds. The minimum atomic E-state index is -0.262. The van der Waals surface area contributed by atoms with Gasteiger partial charge in [0.25, 0.3) is 5.91 Å². The van der Waals surface area contributed by atoms with Crippen LogP contribution in [0.1, 0.15) is 10.4 Å². The van der Waals surface area contributed by atoms with Crippen molar-refractivity contribution in [1.82, 2.24) is 0 Å². The van der Waals surface area contributed by atoms with Crippen LogP contribution in [-0.2, 0) is 0 Å². The molecule has 2 rings (SSSR count). The highest BCUT2D eigenvalue weighted by molar-refractivity contribution is 9.11. The number of rotatable bonds is 3. The largest absolute Gasteiger partial charge is 0.496 e. The molecule has 0 aliphatic heterocycles. The maximum Gasteiger partial charge on any atom is 0.259 e. The van der Waals surface area contributed by atoms with Crippen LogP contribution in [0, 0.1) is 0 Å². The highest BCUT2D eigenvalue weighted by Crippen LogP contribution is 2.28. The number of hydrogen-bond acceptors (Lipinski definition) is 2. The molecule has 0 fully saturated rings. The summed E-state index contributed by atoms with van der Waals surface area (Å²) in [6, 6.07) is 10.4. The molecule has 0 aromatic heterocycles. The van der Waals surface area contributed by atoms with E-state index in [1.165, 1.54) is 7.11 Å². The van der Waals surface area contributed by atoms with Gasteiger partial charge in [0.1, 0.15) is 5.75 Å². The summed E-state index contributed by atoms with van der Waals surface area (Å²) < 4.78 is 6.88. The van der Waals surface area contributed by atoms with Crippen LogP contribution in [0.5, 0.6) is 5.75 Å². The Morgan fingerprint density at radius 3 is 2.60 bits per heavy atom. The molecular weight excluding hydrogens is 409 g/mol. The molecule has 0 heterocycles. The minimum absolute atomic E-state index is 0.262. The number of amides is 1. The van der Waals surface area contributed by atoms with Crippen LogP contribution >= 0.6 is 43.5 Å². The summed E-state index contributed by atoms with van der Waals surface area (Å²) >= 11 is 12.6. The summed E-state index contributed by atoms with van der Waals surface area (Å²) in [6.45, 7) is 0. The van der Waals surface area contributed by atoms with E-state index in [-0.39, 0.29) is 5.91 Å². The Morgan fingerprint density at radius 2 is 1.95 bits per heavy atom. The number of carbonyl (C=O) groups excluding carboxylic acids is 1. The zero-order valence-electron chi connectivity index (χ0n) is 10.4. The van der Waals surface area contributed by atoms with E-state index < -0.39 is 0 Å². The van der Waals surface area contributed by atoms with Crippen molar-refractivity contribution >= 4 is 55.1 Å². The van der Waals surface area contributed by atoms with Crippen molar-refractivity contribution in [2.75, 3.05) is 12.4 Å². The average molecular weight is 420 g/mol. The van der Waals surface area contributed by atoms with Gasteiger partial charge in [-0.05, 0) is 52.3 Å². The molecule has 20 heavy (non-hydrogen) atoms. The predicted molar refractivity (Wildman–Crippen MR) is 87.8 cm³/mol. The molecule has 1 N–H and O–H groups in total. The summed E-state index contributed by atoms with van der Waals surface area (Å²) in [6.07, 6.45) is 0. The summed E-state index contributed by atoms with van der Waals surface area (Å²) in [5, 5.41) is 3.34. The number of carbonyl (C=O) groups is 1. The van der Waals surface area contributed by atoms with Gasteiger partial charge in [-0.25, -0.2) is 0 Å². The van der Waals surface area contributed by atoms with Gasteiger partial charge in [0.05, 0.1) is 18.4 Å². The molecule has 0 atom stereocenters. The first-order valence-electron chi connectivity index (χ1n) is 5.61. The van der Waals surface area contributed by atoms with Crippen molar-refractivity contribution in [3.8, 4) is 5.75 Å². The van der Waals surface area contributed by atoms with Gasteiger partial charge < -0.3 is 10.1 Å². The van der Waals surface area contributed by atoms with Gasteiger partial charge in [-0.3, -0.25) is 4.79 Å². The minimum Gasteiger partial charge on any atom is -0.496 e. The molecule has 0 bridgehead atoms. The van der Waals surface area contributed by atoms with E-state index in [1.807, 2.05) is 12.1 Å². The molecule has 6 heteroatoms. The zero-order valence-corrected chi connectivity index (χ0v) is 14.3. The van der Waals surface area contributed by atoms with Crippen LogP contribution in [0.25, 0.3) is 0 Å². The smallest absolute Gasteiger partial charge is 0.259 e. The monoisotopic (exact) mass is 417 g/mol. The number of methoxy groups -OCH3 is 1. The number of anilines is 1. The summed E-state index contributed by atoms with van der Waals surface area (Å²) in [7, 11) is 1.50. The van der Waals surface area contributed by atoms with Crippen molar-refractivity contribution in [3.63, 3.8) is 0 Å². The summed E-state index contributed by atoms with van der Waals surface area (Å²) in [4.78, 5) is 12.3. The molecule has 0 saturated carbocycles. The number of benzene rings is 2. The average Bonchev–Trinajstić information content (AvgIpc) is 2.41. The van der Waals surface area contributed by atoms with E-state index in [4.69, 9.17) is 16.3 Å². The topological polar surface area (TPSA) is 38.3 Å². The van der Waals surface area contributed by atoms with Crippen LogP contribution in [-0.4, -0.2) is 13.0 Å². The third kappa shape index (κ3) is 3.53. The van der Waals surface area contributed by atoms with Crippen molar-refractivity contribution < 1.29 is 9.53 Å². The first-order valence-corrected chi connectivity index (χ1v) is 7.57. The fraction of sp³-hybridized carbons (Fsp3) is 0.0714. The maximum absolute atomic E-state index is 12.3. The highest BCUT2D eigenvalue weighted by Gasteiger charge is 2.14. The quantitative estimate of drug-likeness (QED) is 0.749. The van der Waals surface area contributed by atoms with Crippen LogP contribution in [0.4, 0.5) is 5.69 Å². The van der Waals surface area contributed by atoms with Crippen molar-refractivity contribution in [2.45, 2.75) is 0 Å². The number of hydrogen-bond donors (Lipinski definition) is 1. The Bertz CT molecular complexity index is 662. The molecule has 2 aromatic carbocycles. The summed E-state index contributed by atoms with van der Waals surface area (Å²) in [5.41, 5.74) is 1.10. The first-order chi connectivity index (χ1) is 9.51. The number of nitrogens with one attached hydrogen (secondary N) is 1. The number of ether oxygens (including phenoxy) is 1. The molecule has 3 nitrogen and oxygen atoms in total. The molecule has 0 saturated heterocycles. The summed E-state index contributed by atoms with van der Waals surface area (Å²) in [5.74, 6) is 0.171. The zero-order chi connectivity index (χ0) is 14.7. The second kappa shape index (κ2) is 6.61. The van der Waals surface area contributed by atoms with Crippen molar-refractivity contribution in [2.24, 2.45) is 0 Å². The van der Waals surface area contributed by atoms with Gasteiger partial charge in [-0.2, -0.15) is 0 Å². The van der Waals surface area contributed by atoms with E-state index in [2.05, 4.69) is 37.2 Å².